The summed E-state index contributed by atoms with van der Waals surface area (Å²) in [6, 6.07) is 9.16. The summed E-state index contributed by atoms with van der Waals surface area (Å²) in [7, 11) is 0. The summed E-state index contributed by atoms with van der Waals surface area (Å²) in [6.45, 7) is 5.39. The van der Waals surface area contributed by atoms with Crippen LogP contribution < -0.4 is 0 Å². The van der Waals surface area contributed by atoms with E-state index >= 15 is 0 Å². The Hall–Kier alpha value is -0.710. The Morgan fingerprint density at radius 2 is 1.79 bits per heavy atom. The molecule has 1 rings (SSSR count). The van der Waals surface area contributed by atoms with E-state index < -0.39 is 11.1 Å². The van der Waals surface area contributed by atoms with Gasteiger partial charge in [0.15, 0.2) is 0 Å². The average Bonchev–Trinajstić information content (AvgIpc) is 2.26. The summed E-state index contributed by atoms with van der Waals surface area (Å²) in [5.41, 5.74) is 0. The van der Waals surface area contributed by atoms with Crippen LogP contribution in [0.2, 0.25) is 0 Å². The summed E-state index contributed by atoms with van der Waals surface area (Å²) in [6.07, 6.45) is 0. The molecule has 0 aromatic heterocycles. The highest BCUT2D eigenvalue weighted by atomic mass is 32.2. The van der Waals surface area contributed by atoms with Gasteiger partial charge in [0.25, 0.3) is 0 Å². The fraction of sp³-hybridized carbons (Fsp3) is 0.400. The van der Waals surface area contributed by atoms with Crippen LogP contribution in [0.15, 0.2) is 35.2 Å². The summed E-state index contributed by atoms with van der Waals surface area (Å²) >= 11 is -1.39. The lowest BCUT2D eigenvalue weighted by Gasteiger charge is -2.15. The molecule has 0 heterocycles. The maximum absolute atomic E-state index is 11.6. The lowest BCUT2D eigenvalue weighted by molar-refractivity contribution is -0.0343. The fourth-order valence-electron chi connectivity index (χ4n) is 0.999. The minimum Gasteiger partial charge on any atom is -0.223 e. The van der Waals surface area contributed by atoms with Gasteiger partial charge in [-0.25, -0.2) is 4.21 Å². The number of nitrogens with zero attached hydrogens (tertiary/aromatic N) is 1. The van der Waals surface area contributed by atoms with Crippen molar-refractivity contribution in [3.63, 3.8) is 0 Å². The van der Waals surface area contributed by atoms with Crippen LogP contribution in [0.4, 0.5) is 0 Å². The molecule has 0 fully saturated rings. The number of hydroxylamine groups is 2. The molecule has 0 aliphatic heterocycles. The second kappa shape index (κ2) is 5.90. The van der Waals surface area contributed by atoms with Crippen molar-refractivity contribution >= 4 is 11.1 Å². The molecule has 14 heavy (non-hydrogen) atoms. The summed E-state index contributed by atoms with van der Waals surface area (Å²) < 4.78 is 16.9. The van der Waals surface area contributed by atoms with E-state index in [1.807, 2.05) is 32.0 Å². The van der Waals surface area contributed by atoms with Crippen molar-refractivity contribution in [1.82, 2.24) is 5.06 Å². The van der Waals surface area contributed by atoms with E-state index in [1.54, 1.807) is 17.2 Å². The fourth-order valence-corrected chi connectivity index (χ4v) is 1.87. The highest BCUT2D eigenvalue weighted by Gasteiger charge is 2.08. The standard InChI is InChI=1S/C10H15NO2S/c1-3-11(4-2)13-14(12)10-8-6-5-7-9-10/h5-9H,3-4H2,1-2H3. The number of hydrogen-bond donors (Lipinski definition) is 0. The molecule has 1 aromatic carbocycles. The number of hydrogen-bond acceptors (Lipinski definition) is 3. The van der Waals surface area contributed by atoms with Crippen molar-refractivity contribution in [2.45, 2.75) is 18.7 Å². The molecule has 3 nitrogen and oxygen atoms in total. The molecule has 1 unspecified atom stereocenters. The molecule has 0 bridgehead atoms. The van der Waals surface area contributed by atoms with Gasteiger partial charge in [-0.3, -0.25) is 0 Å². The molecule has 0 amide bonds. The van der Waals surface area contributed by atoms with E-state index in [4.69, 9.17) is 4.28 Å². The van der Waals surface area contributed by atoms with Crippen LogP contribution in [0.25, 0.3) is 0 Å². The largest absolute Gasteiger partial charge is 0.223 e. The normalized spacial score (nSPS) is 13.1. The first-order valence-corrected chi connectivity index (χ1v) is 5.75. The van der Waals surface area contributed by atoms with Crippen LogP contribution in [-0.2, 0) is 15.4 Å². The summed E-state index contributed by atoms with van der Waals surface area (Å²) in [5.74, 6) is 0. The van der Waals surface area contributed by atoms with Crippen molar-refractivity contribution < 1.29 is 8.49 Å². The smallest absolute Gasteiger partial charge is 0.206 e. The van der Waals surface area contributed by atoms with Crippen molar-refractivity contribution in [3.05, 3.63) is 30.3 Å². The number of benzene rings is 1. The van der Waals surface area contributed by atoms with Gasteiger partial charge in [0.1, 0.15) is 0 Å². The van der Waals surface area contributed by atoms with Crippen LogP contribution >= 0.6 is 0 Å². The van der Waals surface area contributed by atoms with Gasteiger partial charge in [-0.05, 0) is 12.1 Å². The summed E-state index contributed by atoms with van der Waals surface area (Å²) in [4.78, 5) is 0.694. The van der Waals surface area contributed by atoms with Crippen LogP contribution in [0.3, 0.4) is 0 Å². The first-order chi connectivity index (χ1) is 6.77. The second-order valence-corrected chi connectivity index (χ2v) is 3.83. The van der Waals surface area contributed by atoms with Crippen molar-refractivity contribution in [2.24, 2.45) is 0 Å². The predicted octanol–water partition coefficient (Wildman–Crippen LogP) is 1.98. The van der Waals surface area contributed by atoms with Gasteiger partial charge in [-0.15, -0.1) is 0 Å². The highest BCUT2D eigenvalue weighted by molar-refractivity contribution is 7.80. The molecular weight excluding hydrogens is 198 g/mol. The lowest BCUT2D eigenvalue weighted by atomic mass is 10.4. The monoisotopic (exact) mass is 213 g/mol. The molecule has 0 N–H and O–H groups in total. The molecule has 78 valence electrons. The first-order valence-electron chi connectivity index (χ1n) is 4.68. The molecule has 4 heteroatoms. The Morgan fingerprint density at radius 3 is 2.29 bits per heavy atom. The Kier molecular flexibility index (Phi) is 4.79. The van der Waals surface area contributed by atoms with E-state index in [9.17, 15) is 4.21 Å². The van der Waals surface area contributed by atoms with Crippen LogP contribution in [0, 0.1) is 0 Å². The van der Waals surface area contributed by atoms with Gasteiger partial charge < -0.3 is 0 Å². The van der Waals surface area contributed by atoms with Crippen LogP contribution in [0.1, 0.15) is 13.8 Å². The predicted molar refractivity (Wildman–Crippen MR) is 56.9 cm³/mol. The van der Waals surface area contributed by atoms with E-state index in [-0.39, 0.29) is 0 Å². The topological polar surface area (TPSA) is 29.5 Å². The van der Waals surface area contributed by atoms with E-state index in [0.29, 0.717) is 4.90 Å². The molecule has 0 radical (unpaired) electrons. The molecule has 1 aromatic rings. The molecule has 0 aliphatic carbocycles. The Morgan fingerprint density at radius 1 is 1.21 bits per heavy atom. The SMILES string of the molecule is CCN(CC)OS(=O)c1ccccc1. The van der Waals surface area contributed by atoms with Crippen LogP contribution in [0.5, 0.6) is 0 Å². The van der Waals surface area contributed by atoms with Gasteiger partial charge in [0.05, 0.1) is 4.90 Å². The Balaban J connectivity index is 2.59. The van der Waals surface area contributed by atoms with Gasteiger partial charge in [0, 0.05) is 13.1 Å². The van der Waals surface area contributed by atoms with Gasteiger partial charge >= 0.3 is 0 Å². The first kappa shape index (κ1) is 11.4. The average molecular weight is 213 g/mol. The number of rotatable bonds is 5. The molecule has 0 saturated carbocycles. The van der Waals surface area contributed by atoms with Crippen LogP contribution in [-0.4, -0.2) is 22.4 Å². The zero-order valence-corrected chi connectivity index (χ0v) is 9.29. The van der Waals surface area contributed by atoms with Gasteiger partial charge in [-0.1, -0.05) is 32.0 Å². The third-order valence-corrected chi connectivity index (χ3v) is 2.82. The molecular formula is C10H15NO2S. The minimum atomic E-state index is -1.39. The van der Waals surface area contributed by atoms with E-state index in [2.05, 4.69) is 0 Å². The highest BCUT2D eigenvalue weighted by Crippen LogP contribution is 2.08. The lowest BCUT2D eigenvalue weighted by Crippen LogP contribution is -2.24. The van der Waals surface area contributed by atoms with Crippen molar-refractivity contribution in [2.75, 3.05) is 13.1 Å². The summed E-state index contributed by atoms with van der Waals surface area (Å²) in [5, 5.41) is 1.67. The third kappa shape index (κ3) is 3.21. The quantitative estimate of drug-likeness (QED) is 0.700. The third-order valence-electron chi connectivity index (χ3n) is 1.81. The molecule has 1 atom stereocenters. The maximum atomic E-state index is 11.6. The maximum Gasteiger partial charge on any atom is 0.206 e. The second-order valence-electron chi connectivity index (χ2n) is 2.74. The van der Waals surface area contributed by atoms with Crippen molar-refractivity contribution in [1.29, 1.82) is 0 Å². The minimum absolute atomic E-state index is 0.694. The van der Waals surface area contributed by atoms with E-state index in [1.165, 1.54) is 0 Å². The molecule has 0 saturated heterocycles. The zero-order valence-electron chi connectivity index (χ0n) is 8.47. The van der Waals surface area contributed by atoms with Gasteiger partial charge in [-0.2, -0.15) is 9.35 Å². The Bertz CT molecular complexity index is 285. The van der Waals surface area contributed by atoms with Crippen molar-refractivity contribution in [3.8, 4) is 0 Å². The molecule has 0 spiro atoms. The Labute approximate surface area is 87.3 Å². The zero-order chi connectivity index (χ0) is 10.4. The molecule has 0 aliphatic rings. The van der Waals surface area contributed by atoms with E-state index in [0.717, 1.165) is 13.1 Å². The van der Waals surface area contributed by atoms with Gasteiger partial charge in [0.2, 0.25) is 11.1 Å².